The summed E-state index contributed by atoms with van der Waals surface area (Å²) in [4.78, 5) is 75.9. The van der Waals surface area contributed by atoms with Crippen LogP contribution in [0.15, 0.2) is 18.2 Å². The molecule has 4 atom stereocenters. The SMILES string of the molecule is CC(C)C(=O)CCN(C)CCC(=O)NC(C(=O)NCC(=O)Nc1ccc(COC(=O)C(C)C)cc1OC1CC(O)CC(C(=O)O)O1)C(C)C. The number of nitrogens with zero attached hydrogens (tertiary/aromatic N) is 1. The number of aliphatic hydroxyl groups is 1. The molecule has 49 heavy (non-hydrogen) atoms. The Balaban J connectivity index is 2.04. The number of aliphatic hydroxyl groups excluding tert-OH is 1. The Kier molecular flexibility index (Phi) is 16.6. The molecule has 0 bridgehead atoms. The third-order valence-corrected chi connectivity index (χ3v) is 7.77. The third kappa shape index (κ3) is 14.5. The number of hydrogen-bond donors (Lipinski definition) is 5. The number of carboxylic acids is 1. The minimum Gasteiger partial charge on any atom is -0.479 e. The number of ketones is 1. The summed E-state index contributed by atoms with van der Waals surface area (Å²) >= 11 is 0. The van der Waals surface area contributed by atoms with Crippen LogP contribution in [0.2, 0.25) is 0 Å². The van der Waals surface area contributed by atoms with Crippen LogP contribution in [0, 0.1) is 17.8 Å². The Morgan fingerprint density at radius 3 is 2.24 bits per heavy atom. The lowest BCUT2D eigenvalue weighted by Crippen LogP contribution is -2.51. The number of hydrogen-bond acceptors (Lipinski definition) is 11. The highest BCUT2D eigenvalue weighted by Crippen LogP contribution is 2.31. The predicted molar refractivity (Wildman–Crippen MR) is 178 cm³/mol. The fraction of sp³-hybridized carbons (Fsp3) is 0.647. The number of benzene rings is 1. The Morgan fingerprint density at radius 2 is 1.63 bits per heavy atom. The first kappa shape index (κ1) is 41.1. The van der Waals surface area contributed by atoms with Crippen molar-refractivity contribution in [3.8, 4) is 5.75 Å². The van der Waals surface area contributed by atoms with Gasteiger partial charge in [0.1, 0.15) is 24.2 Å². The minimum atomic E-state index is -1.30. The number of anilines is 1. The first-order chi connectivity index (χ1) is 23.0. The summed E-state index contributed by atoms with van der Waals surface area (Å²) in [5.41, 5.74) is 0.661. The molecule has 1 aliphatic rings. The normalized spacial score (nSPS) is 18.2. The molecule has 274 valence electrons. The summed E-state index contributed by atoms with van der Waals surface area (Å²) in [7, 11) is 1.82. The van der Waals surface area contributed by atoms with Gasteiger partial charge in [0.25, 0.3) is 0 Å². The zero-order valence-electron chi connectivity index (χ0n) is 29.4. The lowest BCUT2D eigenvalue weighted by molar-refractivity contribution is -0.195. The molecule has 1 aromatic rings. The molecule has 0 aliphatic carbocycles. The fourth-order valence-electron chi connectivity index (χ4n) is 4.66. The van der Waals surface area contributed by atoms with Crippen molar-refractivity contribution in [2.45, 2.75) is 98.4 Å². The molecular weight excluding hydrogens is 640 g/mol. The largest absolute Gasteiger partial charge is 0.479 e. The van der Waals surface area contributed by atoms with Gasteiger partial charge < -0.3 is 45.3 Å². The molecule has 4 unspecified atom stereocenters. The number of carbonyl (C=O) groups is 6. The summed E-state index contributed by atoms with van der Waals surface area (Å²) in [6.07, 6.45) is -3.09. The molecular formula is C34H52N4O11. The van der Waals surface area contributed by atoms with Gasteiger partial charge in [0, 0.05) is 44.7 Å². The Hall–Kier alpha value is -4.08. The van der Waals surface area contributed by atoms with Crippen LogP contribution in [0.5, 0.6) is 5.75 Å². The van der Waals surface area contributed by atoms with E-state index in [4.69, 9.17) is 14.2 Å². The highest BCUT2D eigenvalue weighted by atomic mass is 16.7. The second-order valence-electron chi connectivity index (χ2n) is 13.2. The number of Topliss-reactive ketones (excluding diaryl/α,β-unsaturated/α-hetero) is 1. The average molecular weight is 693 g/mol. The first-order valence-corrected chi connectivity index (χ1v) is 16.6. The van der Waals surface area contributed by atoms with E-state index in [0.29, 0.717) is 25.1 Å². The number of carboxylic acid groups (broad SMARTS) is 1. The van der Waals surface area contributed by atoms with Crippen molar-refractivity contribution < 1.29 is 53.2 Å². The molecule has 5 N–H and O–H groups in total. The van der Waals surface area contributed by atoms with Gasteiger partial charge in [-0.3, -0.25) is 24.0 Å². The van der Waals surface area contributed by atoms with Gasteiger partial charge in [-0.2, -0.15) is 0 Å². The maximum atomic E-state index is 13.0. The fourth-order valence-corrected chi connectivity index (χ4v) is 4.66. The molecule has 2 rings (SSSR count). The summed E-state index contributed by atoms with van der Waals surface area (Å²) in [6, 6.07) is 3.67. The maximum absolute atomic E-state index is 13.0. The smallest absolute Gasteiger partial charge is 0.333 e. The Bertz CT molecular complexity index is 1320. The molecule has 1 saturated heterocycles. The molecule has 1 fully saturated rings. The van der Waals surface area contributed by atoms with Crippen molar-refractivity contribution in [1.82, 2.24) is 15.5 Å². The van der Waals surface area contributed by atoms with Crippen LogP contribution in [0.4, 0.5) is 5.69 Å². The third-order valence-electron chi connectivity index (χ3n) is 7.77. The molecule has 0 spiro atoms. The highest BCUT2D eigenvalue weighted by Gasteiger charge is 2.34. The van der Waals surface area contributed by atoms with Gasteiger partial charge in [-0.05, 0) is 30.7 Å². The van der Waals surface area contributed by atoms with Gasteiger partial charge in [-0.1, -0.05) is 47.6 Å². The van der Waals surface area contributed by atoms with E-state index >= 15 is 0 Å². The molecule has 0 radical (unpaired) electrons. The van der Waals surface area contributed by atoms with E-state index in [9.17, 15) is 39.0 Å². The number of esters is 1. The number of amides is 3. The van der Waals surface area contributed by atoms with E-state index in [1.54, 1.807) is 33.8 Å². The van der Waals surface area contributed by atoms with E-state index in [1.807, 2.05) is 25.8 Å². The molecule has 1 heterocycles. The van der Waals surface area contributed by atoms with Crippen LogP contribution < -0.4 is 20.7 Å². The summed E-state index contributed by atoms with van der Waals surface area (Å²) in [6.45, 7) is 11.0. The molecule has 3 amide bonds. The molecule has 0 saturated carbocycles. The van der Waals surface area contributed by atoms with Crippen molar-refractivity contribution in [3.05, 3.63) is 23.8 Å². The zero-order chi connectivity index (χ0) is 36.8. The summed E-state index contributed by atoms with van der Waals surface area (Å²) < 4.78 is 16.7. The molecule has 0 aromatic heterocycles. The molecule has 15 nitrogen and oxygen atoms in total. The predicted octanol–water partition coefficient (Wildman–Crippen LogP) is 1.85. The topological polar surface area (TPSA) is 210 Å². The number of nitrogens with one attached hydrogen (secondary N) is 3. The van der Waals surface area contributed by atoms with Crippen molar-refractivity contribution in [1.29, 1.82) is 0 Å². The van der Waals surface area contributed by atoms with Crippen LogP contribution in [0.3, 0.4) is 0 Å². The number of carbonyl (C=O) groups excluding carboxylic acids is 5. The van der Waals surface area contributed by atoms with Crippen molar-refractivity contribution in [2.75, 3.05) is 32.0 Å². The van der Waals surface area contributed by atoms with Gasteiger partial charge in [-0.25, -0.2) is 4.79 Å². The molecule has 1 aromatic carbocycles. The van der Waals surface area contributed by atoms with Crippen LogP contribution in [0.1, 0.15) is 72.8 Å². The van der Waals surface area contributed by atoms with Gasteiger partial charge in [0.05, 0.1) is 24.3 Å². The summed E-state index contributed by atoms with van der Waals surface area (Å²) in [5.74, 6) is -3.69. The van der Waals surface area contributed by atoms with Crippen LogP contribution in [0.25, 0.3) is 0 Å². The molecule has 1 aliphatic heterocycles. The summed E-state index contributed by atoms with van der Waals surface area (Å²) in [5, 5.41) is 27.5. The van der Waals surface area contributed by atoms with E-state index in [-0.39, 0.29) is 66.8 Å². The second-order valence-corrected chi connectivity index (χ2v) is 13.2. The molecule has 15 heteroatoms. The van der Waals surface area contributed by atoms with Crippen molar-refractivity contribution in [2.24, 2.45) is 17.8 Å². The van der Waals surface area contributed by atoms with Gasteiger partial charge in [0.2, 0.25) is 24.0 Å². The Labute approximate surface area is 287 Å². The van der Waals surface area contributed by atoms with Gasteiger partial charge in [0.15, 0.2) is 6.10 Å². The van der Waals surface area contributed by atoms with E-state index in [1.165, 1.54) is 12.1 Å². The van der Waals surface area contributed by atoms with Crippen LogP contribution in [-0.4, -0.2) is 102 Å². The number of rotatable bonds is 19. The standard InChI is InChI=1S/C34H52N4O11/c1-19(2)25(40)10-12-38(7)13-11-28(41)37-31(20(3)4)32(43)35-17-29(42)36-24-9-8-22(18-47-34(46)21(5)6)14-26(24)48-30-16-23(39)15-27(49-30)33(44)45/h8-9,14,19-21,23,27,30-31,39H,10-13,15-18H2,1-7H3,(H,35,43)(H,36,42)(H,37,41)(H,44,45). The lowest BCUT2D eigenvalue weighted by atomic mass is 10.0. The quantitative estimate of drug-likeness (QED) is 0.132. The Morgan fingerprint density at radius 1 is 0.959 bits per heavy atom. The second kappa shape index (κ2) is 19.8. The average Bonchev–Trinajstić information content (AvgIpc) is 3.03. The van der Waals surface area contributed by atoms with E-state index < -0.39 is 54.8 Å². The number of aliphatic carboxylic acids is 1. The lowest BCUT2D eigenvalue weighted by Gasteiger charge is -2.31. The van der Waals surface area contributed by atoms with Crippen molar-refractivity contribution in [3.63, 3.8) is 0 Å². The van der Waals surface area contributed by atoms with E-state index in [0.717, 1.165) is 0 Å². The minimum absolute atomic E-state index is 0.0316. The highest BCUT2D eigenvalue weighted by molar-refractivity contribution is 5.97. The van der Waals surface area contributed by atoms with Gasteiger partial charge >= 0.3 is 11.9 Å². The first-order valence-electron chi connectivity index (χ1n) is 16.6. The van der Waals surface area contributed by atoms with Crippen LogP contribution in [-0.2, 0) is 44.8 Å². The van der Waals surface area contributed by atoms with E-state index in [2.05, 4.69) is 16.0 Å². The monoisotopic (exact) mass is 692 g/mol. The van der Waals surface area contributed by atoms with Crippen molar-refractivity contribution >= 4 is 41.1 Å². The number of ether oxygens (including phenoxy) is 3. The zero-order valence-corrected chi connectivity index (χ0v) is 29.4. The van der Waals surface area contributed by atoms with Crippen LogP contribution >= 0.6 is 0 Å². The maximum Gasteiger partial charge on any atom is 0.333 e. The van der Waals surface area contributed by atoms with Gasteiger partial charge in [-0.15, -0.1) is 0 Å².